The molecule has 3 nitrogen and oxygen atoms in total. The quantitative estimate of drug-likeness (QED) is 0.462. The van der Waals surface area contributed by atoms with Crippen molar-refractivity contribution < 1.29 is 53.5 Å². The highest BCUT2D eigenvalue weighted by molar-refractivity contribution is 6.36. The molecule has 0 saturated heterocycles. The number of rotatable bonds is 9. The fraction of sp³-hybridized carbons (Fsp3) is 0.333. The largest absolute Gasteiger partial charge is 0.653 e. The molecule has 126 valence electrons. The first-order valence-electron chi connectivity index (χ1n) is 4.83. The van der Waals surface area contributed by atoms with Crippen LogP contribution in [0.25, 0.3) is 0 Å². The van der Waals surface area contributed by atoms with Gasteiger partial charge in [0.1, 0.15) is 0 Å². The lowest BCUT2D eigenvalue weighted by Crippen LogP contribution is -2.45. The van der Waals surface area contributed by atoms with Gasteiger partial charge in [-0.3, -0.25) is 0 Å². The molecule has 0 rings (SSSR count). The highest BCUT2D eigenvalue weighted by atomic mass is 19.3. The predicted molar refractivity (Wildman–Crippen MR) is 54.6 cm³/mol. The Kier molecular flexibility index (Phi) is 6.30. The summed E-state index contributed by atoms with van der Waals surface area (Å²) in [6.45, 7) is 6.10. The van der Waals surface area contributed by atoms with Crippen LogP contribution in [0.2, 0.25) is 0 Å². The lowest BCUT2D eigenvalue weighted by atomic mass is 10.2. The van der Waals surface area contributed by atoms with Crippen LogP contribution in [0.5, 0.6) is 0 Å². The zero-order chi connectivity index (χ0) is 17.9. The van der Waals surface area contributed by atoms with Crippen molar-refractivity contribution in [1.82, 2.24) is 0 Å². The van der Waals surface area contributed by atoms with E-state index in [4.69, 9.17) is 0 Å². The van der Waals surface area contributed by atoms with E-state index < -0.39 is 43.1 Å². The second-order valence-electron chi connectivity index (χ2n) is 3.41. The molecule has 0 spiro atoms. The van der Waals surface area contributed by atoms with Gasteiger partial charge in [0.2, 0.25) is 0 Å². The van der Waals surface area contributed by atoms with Crippen molar-refractivity contribution >= 4 is 7.32 Å². The molecule has 13 heteroatoms. The molecule has 0 fully saturated rings. The molecule has 0 aromatic rings. The Bertz CT molecular complexity index is 399. The summed E-state index contributed by atoms with van der Waals surface area (Å²) in [4.78, 5) is 0. The van der Waals surface area contributed by atoms with Gasteiger partial charge < -0.3 is 14.0 Å². The van der Waals surface area contributed by atoms with Crippen LogP contribution < -0.4 is 0 Å². The van der Waals surface area contributed by atoms with E-state index in [1.807, 2.05) is 19.7 Å². The first kappa shape index (κ1) is 20.5. The second-order valence-corrected chi connectivity index (χ2v) is 3.41. The van der Waals surface area contributed by atoms with Crippen LogP contribution in [0.1, 0.15) is 0 Å². The summed E-state index contributed by atoms with van der Waals surface area (Å²) >= 11 is 0. The van der Waals surface area contributed by atoms with E-state index in [0.29, 0.717) is 0 Å². The van der Waals surface area contributed by atoms with Crippen molar-refractivity contribution in [3.05, 3.63) is 37.2 Å². The summed E-state index contributed by atoms with van der Waals surface area (Å²) in [7, 11) is -3.83. The van der Waals surface area contributed by atoms with Crippen LogP contribution in [0.4, 0.5) is 39.5 Å². The molecule has 0 aromatic carbocycles. The lowest BCUT2D eigenvalue weighted by Gasteiger charge is -2.25. The third-order valence-electron chi connectivity index (χ3n) is 1.68. The van der Waals surface area contributed by atoms with Gasteiger partial charge in [-0.15, -0.1) is 0 Å². The Labute approximate surface area is 117 Å². The Morgan fingerprint density at radius 1 is 0.591 bits per heavy atom. The average molecular weight is 344 g/mol. The minimum Gasteiger partial charge on any atom is -0.321 e. The Hall–Kier alpha value is -1.47. The highest BCUT2D eigenvalue weighted by Gasteiger charge is 2.53. The summed E-state index contributed by atoms with van der Waals surface area (Å²) in [5.41, 5.74) is 0. The molecule has 0 aliphatic heterocycles. The van der Waals surface area contributed by atoms with E-state index in [0.717, 1.165) is 0 Å². The molecule has 22 heavy (non-hydrogen) atoms. The molecule has 0 bridgehead atoms. The summed E-state index contributed by atoms with van der Waals surface area (Å²) in [5.74, 6) is -7.85. The van der Waals surface area contributed by atoms with E-state index in [2.05, 4.69) is 14.0 Å². The molecule has 0 unspecified atom stereocenters. The number of alkyl halides is 6. The predicted octanol–water partition coefficient (Wildman–Crippen LogP) is 4.25. The number of hydrogen-bond donors (Lipinski definition) is 0. The number of hydrogen-bond acceptors (Lipinski definition) is 3. The van der Waals surface area contributed by atoms with E-state index >= 15 is 0 Å². The first-order chi connectivity index (χ1) is 9.62. The van der Waals surface area contributed by atoms with Crippen molar-refractivity contribution in [2.45, 2.75) is 18.3 Å². The Morgan fingerprint density at radius 3 is 0.909 bits per heavy atom. The standard InChI is InChI=1S/C9H6BF9O3/c1-4(11)7(14,15)20-10(21-8(16,17)5(2)12)22-9(18,19)6(3)13/h1-3H2. The summed E-state index contributed by atoms with van der Waals surface area (Å²) in [6.07, 6.45) is -15.4. The summed E-state index contributed by atoms with van der Waals surface area (Å²) < 4.78 is 123. The fourth-order valence-corrected chi connectivity index (χ4v) is 0.627. The number of halogens is 9. The maximum absolute atomic E-state index is 12.8. The molecule has 0 N–H and O–H groups in total. The van der Waals surface area contributed by atoms with E-state index in [9.17, 15) is 39.5 Å². The van der Waals surface area contributed by atoms with Crippen LogP contribution in [0, 0.1) is 0 Å². The Morgan fingerprint density at radius 2 is 0.773 bits per heavy atom. The Balaban J connectivity index is 5.37. The molecule has 0 radical (unpaired) electrons. The van der Waals surface area contributed by atoms with Gasteiger partial charge in [0, 0.05) is 0 Å². The zero-order valence-corrected chi connectivity index (χ0v) is 10.3. The van der Waals surface area contributed by atoms with Gasteiger partial charge in [-0.2, -0.15) is 26.3 Å². The smallest absolute Gasteiger partial charge is 0.321 e. The van der Waals surface area contributed by atoms with Crippen molar-refractivity contribution in [2.24, 2.45) is 0 Å². The van der Waals surface area contributed by atoms with Gasteiger partial charge in [-0.05, 0) is 0 Å². The zero-order valence-electron chi connectivity index (χ0n) is 10.3. The van der Waals surface area contributed by atoms with Gasteiger partial charge in [0.15, 0.2) is 17.5 Å². The molecule has 0 amide bonds. The van der Waals surface area contributed by atoms with Gasteiger partial charge in [-0.25, -0.2) is 13.2 Å². The lowest BCUT2D eigenvalue weighted by molar-refractivity contribution is -0.256. The minimum atomic E-state index is -5.15. The van der Waals surface area contributed by atoms with E-state index in [1.54, 1.807) is 0 Å². The molecule has 0 saturated carbocycles. The van der Waals surface area contributed by atoms with E-state index in [-0.39, 0.29) is 0 Å². The van der Waals surface area contributed by atoms with Crippen molar-refractivity contribution in [3.8, 4) is 0 Å². The summed E-state index contributed by atoms with van der Waals surface area (Å²) in [5, 5.41) is 0. The fourth-order valence-electron chi connectivity index (χ4n) is 0.627. The maximum Gasteiger partial charge on any atom is 0.653 e. The van der Waals surface area contributed by atoms with E-state index in [1.165, 1.54) is 0 Å². The topological polar surface area (TPSA) is 27.7 Å². The maximum atomic E-state index is 12.8. The molecule has 0 heterocycles. The third-order valence-corrected chi connectivity index (χ3v) is 1.68. The average Bonchev–Trinajstić information content (AvgIpc) is 2.25. The first-order valence-corrected chi connectivity index (χ1v) is 4.83. The van der Waals surface area contributed by atoms with Crippen molar-refractivity contribution in [3.63, 3.8) is 0 Å². The van der Waals surface area contributed by atoms with Crippen LogP contribution in [-0.2, 0) is 14.0 Å². The van der Waals surface area contributed by atoms with Gasteiger partial charge >= 0.3 is 25.6 Å². The van der Waals surface area contributed by atoms with Crippen LogP contribution in [0.15, 0.2) is 37.2 Å². The molecule has 0 atom stereocenters. The second kappa shape index (κ2) is 6.75. The van der Waals surface area contributed by atoms with Gasteiger partial charge in [-0.1, -0.05) is 19.7 Å². The van der Waals surface area contributed by atoms with Crippen molar-refractivity contribution in [2.75, 3.05) is 0 Å². The SMILES string of the molecule is C=C(F)C(F)(F)OB(OC(F)(F)C(=C)F)OC(F)(F)C(=C)F. The highest BCUT2D eigenvalue weighted by Crippen LogP contribution is 2.34. The summed E-state index contributed by atoms with van der Waals surface area (Å²) in [6, 6.07) is 0. The molecular formula is C9H6BF9O3. The van der Waals surface area contributed by atoms with Crippen LogP contribution in [-0.4, -0.2) is 25.6 Å². The molecular weight excluding hydrogens is 338 g/mol. The van der Waals surface area contributed by atoms with Crippen LogP contribution in [0.3, 0.4) is 0 Å². The van der Waals surface area contributed by atoms with Gasteiger partial charge in [0.25, 0.3) is 0 Å². The normalized spacial score (nSPS) is 13.0. The molecule has 0 aliphatic rings. The monoisotopic (exact) mass is 344 g/mol. The van der Waals surface area contributed by atoms with Crippen molar-refractivity contribution in [1.29, 1.82) is 0 Å². The molecule has 0 aliphatic carbocycles. The minimum absolute atomic E-state index is 2.03. The van der Waals surface area contributed by atoms with Crippen LogP contribution >= 0.6 is 0 Å². The molecule has 0 aromatic heterocycles. The van der Waals surface area contributed by atoms with Gasteiger partial charge in [0.05, 0.1) is 0 Å². The third kappa shape index (κ3) is 5.73.